The molecule has 6 nitrogen and oxygen atoms in total. The van der Waals surface area contributed by atoms with E-state index in [1.165, 1.54) is 0 Å². The summed E-state index contributed by atoms with van der Waals surface area (Å²) in [4.78, 5) is 23.5. The summed E-state index contributed by atoms with van der Waals surface area (Å²) >= 11 is 0. The molecule has 6 heteroatoms. The Kier molecular flexibility index (Phi) is 5.60. The van der Waals surface area contributed by atoms with Crippen LogP contribution in [0.1, 0.15) is 28.2 Å². The fraction of sp³-hybridized carbons (Fsp3) is 0.421. The third-order valence-electron chi connectivity index (χ3n) is 4.50. The summed E-state index contributed by atoms with van der Waals surface area (Å²) < 4.78 is 10.8. The highest BCUT2D eigenvalue weighted by Crippen LogP contribution is 2.20. The first kappa shape index (κ1) is 17.4. The van der Waals surface area contributed by atoms with Gasteiger partial charge in [0.25, 0.3) is 5.91 Å². The number of ether oxygens (including phenoxy) is 2. The van der Waals surface area contributed by atoms with Crippen LogP contribution >= 0.6 is 0 Å². The first-order chi connectivity index (χ1) is 12.2. The van der Waals surface area contributed by atoms with Gasteiger partial charge in [0.1, 0.15) is 5.75 Å². The van der Waals surface area contributed by atoms with Gasteiger partial charge in [-0.3, -0.25) is 14.8 Å². The van der Waals surface area contributed by atoms with Crippen LogP contribution in [0.2, 0.25) is 0 Å². The lowest BCUT2D eigenvalue weighted by Crippen LogP contribution is -2.48. The Morgan fingerprint density at radius 1 is 1.36 bits per heavy atom. The molecule has 25 heavy (non-hydrogen) atoms. The van der Waals surface area contributed by atoms with Gasteiger partial charge in [-0.1, -0.05) is 6.07 Å². The summed E-state index contributed by atoms with van der Waals surface area (Å²) in [5.74, 6) is 0.703. The van der Waals surface area contributed by atoms with Gasteiger partial charge in [0, 0.05) is 24.5 Å². The second-order valence-corrected chi connectivity index (χ2v) is 6.09. The van der Waals surface area contributed by atoms with E-state index in [2.05, 4.69) is 9.97 Å². The number of hydrogen-bond acceptors (Lipinski definition) is 5. The number of hydrogen-bond donors (Lipinski definition) is 0. The van der Waals surface area contributed by atoms with Crippen molar-refractivity contribution in [2.45, 2.75) is 25.8 Å². The number of aryl methyl sites for hydroxylation is 2. The van der Waals surface area contributed by atoms with Gasteiger partial charge in [-0.15, -0.1) is 0 Å². The molecule has 1 fully saturated rings. The van der Waals surface area contributed by atoms with Gasteiger partial charge in [0.15, 0.2) is 0 Å². The van der Waals surface area contributed by atoms with Gasteiger partial charge in [-0.2, -0.15) is 0 Å². The Hall–Kier alpha value is -2.47. The number of morpholine rings is 1. The van der Waals surface area contributed by atoms with Gasteiger partial charge in [0.2, 0.25) is 0 Å². The molecule has 132 valence electrons. The number of rotatable bonds is 5. The molecule has 0 N–H and O–H groups in total. The van der Waals surface area contributed by atoms with Gasteiger partial charge in [-0.25, -0.2) is 0 Å². The standard InChI is InChI=1S/C19H23N3O3/c1-14-18(21-9-8-20-14)7-6-16-13-25-11-10-22(16)19(23)15-4-3-5-17(12-15)24-2/h3-5,8-9,12,16H,6-7,10-11,13H2,1-2H3/t16-/m1/s1. The molecule has 0 saturated carbocycles. The highest BCUT2D eigenvalue weighted by molar-refractivity contribution is 5.94. The molecule has 1 aliphatic heterocycles. The zero-order valence-corrected chi connectivity index (χ0v) is 14.6. The molecule has 0 unspecified atom stereocenters. The summed E-state index contributed by atoms with van der Waals surface area (Å²) in [7, 11) is 1.60. The predicted octanol–water partition coefficient (Wildman–Crippen LogP) is 2.27. The van der Waals surface area contributed by atoms with Crippen LogP contribution in [0.4, 0.5) is 0 Å². The van der Waals surface area contributed by atoms with E-state index in [9.17, 15) is 4.79 Å². The third kappa shape index (κ3) is 4.14. The highest BCUT2D eigenvalue weighted by atomic mass is 16.5. The van der Waals surface area contributed by atoms with Crippen LogP contribution in [0.3, 0.4) is 0 Å². The van der Waals surface area contributed by atoms with Gasteiger partial charge < -0.3 is 14.4 Å². The molecule has 1 aromatic carbocycles. The van der Waals surface area contributed by atoms with Crippen molar-refractivity contribution in [1.29, 1.82) is 0 Å². The number of amides is 1. The van der Waals surface area contributed by atoms with Crippen molar-refractivity contribution in [2.24, 2.45) is 0 Å². The van der Waals surface area contributed by atoms with Crippen molar-refractivity contribution in [2.75, 3.05) is 26.9 Å². The Morgan fingerprint density at radius 3 is 3.00 bits per heavy atom. The van der Waals surface area contributed by atoms with E-state index in [1.807, 2.05) is 30.0 Å². The quantitative estimate of drug-likeness (QED) is 0.835. The van der Waals surface area contributed by atoms with Crippen LogP contribution in [0, 0.1) is 6.92 Å². The van der Waals surface area contributed by atoms with Gasteiger partial charge in [0.05, 0.1) is 37.8 Å². The van der Waals surface area contributed by atoms with Crippen LogP contribution in [0.25, 0.3) is 0 Å². The summed E-state index contributed by atoms with van der Waals surface area (Å²) in [5, 5.41) is 0. The molecule has 0 bridgehead atoms. The number of carbonyl (C=O) groups excluding carboxylic acids is 1. The van der Waals surface area contributed by atoms with E-state index in [-0.39, 0.29) is 11.9 Å². The van der Waals surface area contributed by atoms with Crippen molar-refractivity contribution < 1.29 is 14.3 Å². The topological polar surface area (TPSA) is 64.5 Å². The lowest BCUT2D eigenvalue weighted by atomic mass is 10.0. The van der Waals surface area contributed by atoms with E-state index in [0.29, 0.717) is 31.1 Å². The lowest BCUT2D eigenvalue weighted by molar-refractivity contribution is -0.00415. The van der Waals surface area contributed by atoms with Crippen molar-refractivity contribution in [1.82, 2.24) is 14.9 Å². The molecule has 0 spiro atoms. The third-order valence-corrected chi connectivity index (χ3v) is 4.50. The van der Waals surface area contributed by atoms with Crippen molar-refractivity contribution in [3.8, 4) is 5.75 Å². The first-order valence-corrected chi connectivity index (χ1v) is 8.48. The maximum absolute atomic E-state index is 12.9. The van der Waals surface area contributed by atoms with E-state index in [4.69, 9.17) is 9.47 Å². The molecule has 1 amide bonds. The zero-order chi connectivity index (χ0) is 17.6. The Bertz CT molecular complexity index is 735. The van der Waals surface area contributed by atoms with Gasteiger partial charge >= 0.3 is 0 Å². The van der Waals surface area contributed by atoms with Crippen LogP contribution < -0.4 is 4.74 Å². The van der Waals surface area contributed by atoms with Crippen LogP contribution in [-0.4, -0.2) is 53.7 Å². The summed E-state index contributed by atoms with van der Waals surface area (Å²) in [6.45, 7) is 3.67. The lowest BCUT2D eigenvalue weighted by Gasteiger charge is -2.36. The highest BCUT2D eigenvalue weighted by Gasteiger charge is 2.28. The van der Waals surface area contributed by atoms with E-state index >= 15 is 0 Å². The Morgan fingerprint density at radius 2 is 2.20 bits per heavy atom. The Balaban J connectivity index is 1.71. The van der Waals surface area contributed by atoms with Crippen molar-refractivity contribution in [3.63, 3.8) is 0 Å². The molecule has 2 aromatic rings. The number of aromatic nitrogens is 2. The molecule has 1 saturated heterocycles. The summed E-state index contributed by atoms with van der Waals surface area (Å²) in [6, 6.07) is 7.31. The van der Waals surface area contributed by atoms with Crippen molar-refractivity contribution >= 4 is 5.91 Å². The molecule has 3 rings (SSSR count). The monoisotopic (exact) mass is 341 g/mol. The fourth-order valence-electron chi connectivity index (χ4n) is 3.07. The van der Waals surface area contributed by atoms with Gasteiger partial charge in [-0.05, 0) is 38.0 Å². The number of methoxy groups -OCH3 is 1. The Labute approximate surface area is 147 Å². The first-order valence-electron chi connectivity index (χ1n) is 8.48. The number of benzene rings is 1. The largest absolute Gasteiger partial charge is 0.497 e. The zero-order valence-electron chi connectivity index (χ0n) is 14.6. The second kappa shape index (κ2) is 8.07. The second-order valence-electron chi connectivity index (χ2n) is 6.09. The maximum atomic E-state index is 12.9. The minimum atomic E-state index is 0.0167. The molecular formula is C19H23N3O3. The number of carbonyl (C=O) groups is 1. The molecule has 1 aromatic heterocycles. The maximum Gasteiger partial charge on any atom is 0.254 e. The van der Waals surface area contributed by atoms with Crippen LogP contribution in [0.5, 0.6) is 5.75 Å². The molecular weight excluding hydrogens is 318 g/mol. The smallest absolute Gasteiger partial charge is 0.254 e. The number of nitrogens with zero attached hydrogens (tertiary/aromatic N) is 3. The van der Waals surface area contributed by atoms with E-state index in [0.717, 1.165) is 24.2 Å². The minimum absolute atomic E-state index is 0.0167. The molecule has 2 heterocycles. The SMILES string of the molecule is COc1cccc(C(=O)N2CCOC[C@H]2CCc2nccnc2C)c1. The minimum Gasteiger partial charge on any atom is -0.497 e. The van der Waals surface area contributed by atoms with Crippen LogP contribution in [-0.2, 0) is 11.2 Å². The normalized spacial score (nSPS) is 17.4. The van der Waals surface area contributed by atoms with E-state index < -0.39 is 0 Å². The average Bonchev–Trinajstić information content (AvgIpc) is 2.67. The molecule has 0 aliphatic carbocycles. The molecule has 1 aliphatic rings. The molecule has 1 atom stereocenters. The van der Waals surface area contributed by atoms with E-state index in [1.54, 1.807) is 25.6 Å². The van der Waals surface area contributed by atoms with Crippen molar-refractivity contribution in [3.05, 3.63) is 53.6 Å². The predicted molar refractivity (Wildman–Crippen MR) is 93.7 cm³/mol. The fourth-order valence-corrected chi connectivity index (χ4v) is 3.07. The molecule has 0 radical (unpaired) electrons. The van der Waals surface area contributed by atoms with Crippen LogP contribution in [0.15, 0.2) is 36.7 Å². The summed E-state index contributed by atoms with van der Waals surface area (Å²) in [5.41, 5.74) is 2.55. The summed E-state index contributed by atoms with van der Waals surface area (Å²) in [6.07, 6.45) is 4.98. The average molecular weight is 341 g/mol.